The molecule has 0 fully saturated rings. The number of amidine groups is 2. The van der Waals surface area contributed by atoms with Crippen molar-refractivity contribution in [2.75, 3.05) is 0 Å². The molecule has 3 aromatic rings. The molecule has 164 valence electrons. The number of aryl methyl sites for hydroxylation is 2. The van der Waals surface area contributed by atoms with Crippen LogP contribution in [0.1, 0.15) is 28.1 Å². The first-order valence-electron chi connectivity index (χ1n) is 10.3. The molecule has 1 aromatic heterocycles. The molecule has 2 aliphatic rings. The van der Waals surface area contributed by atoms with E-state index >= 15 is 0 Å². The van der Waals surface area contributed by atoms with Crippen molar-refractivity contribution < 1.29 is 9.18 Å². The number of nitrogens with one attached hydrogen (secondary N) is 1. The van der Waals surface area contributed by atoms with E-state index in [1.54, 1.807) is 28.8 Å². The molecular formula is C25H20FN5OS. The van der Waals surface area contributed by atoms with Crippen molar-refractivity contribution in [1.29, 1.82) is 5.41 Å². The van der Waals surface area contributed by atoms with Gasteiger partial charge in [0.2, 0.25) is 5.17 Å². The minimum absolute atomic E-state index is 0.0308. The Morgan fingerprint density at radius 1 is 1.06 bits per heavy atom. The minimum atomic E-state index is -0.490. The lowest BCUT2D eigenvalue weighted by molar-refractivity contribution is -0.114. The van der Waals surface area contributed by atoms with E-state index in [4.69, 9.17) is 5.41 Å². The molecule has 2 aliphatic heterocycles. The van der Waals surface area contributed by atoms with E-state index in [2.05, 4.69) is 10.1 Å². The molecule has 0 saturated carbocycles. The van der Waals surface area contributed by atoms with Crippen LogP contribution in [0.25, 0.3) is 11.8 Å². The van der Waals surface area contributed by atoms with Gasteiger partial charge in [0.15, 0.2) is 5.84 Å². The molecule has 0 bridgehead atoms. The second-order valence-electron chi connectivity index (χ2n) is 7.85. The highest BCUT2D eigenvalue weighted by atomic mass is 32.2. The number of hydrazone groups is 1. The predicted octanol–water partition coefficient (Wildman–Crippen LogP) is 5.21. The van der Waals surface area contributed by atoms with Crippen molar-refractivity contribution in [3.05, 3.63) is 94.1 Å². The minimum Gasteiger partial charge on any atom is -0.315 e. The topological polar surface area (TPSA) is 73.8 Å². The van der Waals surface area contributed by atoms with Gasteiger partial charge in [0.1, 0.15) is 10.9 Å². The summed E-state index contributed by atoms with van der Waals surface area (Å²) in [5.74, 6) is -0.853. The van der Waals surface area contributed by atoms with Gasteiger partial charge in [-0.25, -0.2) is 4.39 Å². The maximum atomic E-state index is 14.4. The van der Waals surface area contributed by atoms with Gasteiger partial charge in [-0.2, -0.15) is 15.1 Å². The Balaban J connectivity index is 1.53. The van der Waals surface area contributed by atoms with Crippen molar-refractivity contribution in [1.82, 2.24) is 9.58 Å². The number of nitrogens with zero attached hydrogens (tertiary/aromatic N) is 4. The summed E-state index contributed by atoms with van der Waals surface area (Å²) in [6.07, 6.45) is 1.64. The second kappa shape index (κ2) is 7.97. The Bertz CT molecular complexity index is 1430. The second-order valence-corrected chi connectivity index (χ2v) is 8.81. The van der Waals surface area contributed by atoms with E-state index in [-0.39, 0.29) is 17.2 Å². The van der Waals surface area contributed by atoms with Gasteiger partial charge in [-0.05, 0) is 67.9 Å². The van der Waals surface area contributed by atoms with Crippen LogP contribution in [0.3, 0.4) is 0 Å². The maximum absolute atomic E-state index is 14.4. The zero-order valence-electron chi connectivity index (χ0n) is 18.3. The Labute approximate surface area is 194 Å². The van der Waals surface area contributed by atoms with Gasteiger partial charge in [-0.15, -0.1) is 0 Å². The zero-order valence-corrected chi connectivity index (χ0v) is 19.1. The van der Waals surface area contributed by atoms with Crippen molar-refractivity contribution in [3.8, 4) is 5.69 Å². The average Bonchev–Trinajstić information content (AvgIpc) is 3.32. The maximum Gasteiger partial charge on any atom is 0.283 e. The van der Waals surface area contributed by atoms with Gasteiger partial charge in [0, 0.05) is 17.0 Å². The van der Waals surface area contributed by atoms with Gasteiger partial charge in [0.25, 0.3) is 5.91 Å². The van der Waals surface area contributed by atoms with Crippen LogP contribution in [-0.2, 0) is 4.79 Å². The van der Waals surface area contributed by atoms with Crippen LogP contribution in [0.5, 0.6) is 0 Å². The smallest absolute Gasteiger partial charge is 0.283 e. The van der Waals surface area contributed by atoms with E-state index in [0.717, 1.165) is 28.1 Å². The van der Waals surface area contributed by atoms with Crippen LogP contribution in [0.15, 0.2) is 70.3 Å². The number of hydrogen-bond acceptors (Lipinski definition) is 4. The average molecular weight is 458 g/mol. The molecule has 0 saturated heterocycles. The lowest BCUT2D eigenvalue weighted by Crippen LogP contribution is -2.35. The number of carbonyl (C=O) groups excluding carboxylic acids is 1. The van der Waals surface area contributed by atoms with E-state index in [1.165, 1.54) is 22.8 Å². The number of hydrogen-bond donors (Lipinski definition) is 1. The first-order valence-corrected chi connectivity index (χ1v) is 11.2. The van der Waals surface area contributed by atoms with Crippen LogP contribution in [0.4, 0.5) is 4.39 Å². The van der Waals surface area contributed by atoms with Gasteiger partial charge in [-0.1, -0.05) is 36.4 Å². The third kappa shape index (κ3) is 3.52. The molecule has 0 atom stereocenters. The van der Waals surface area contributed by atoms with Crippen LogP contribution in [-0.4, -0.2) is 31.5 Å². The summed E-state index contributed by atoms with van der Waals surface area (Å²) in [5, 5.41) is 15.7. The van der Waals surface area contributed by atoms with Gasteiger partial charge in [-0.3, -0.25) is 10.2 Å². The number of aliphatic imine (C=N–C) groups is 1. The SMILES string of the molecule is Cc1ccccc1C1=NN2C(=N)/C(=C/c3cc(C)n(-c4ccccc4F)c3C)C(=O)N=C2S1. The summed E-state index contributed by atoms with van der Waals surface area (Å²) in [7, 11) is 0. The molecule has 1 amide bonds. The fourth-order valence-corrected chi connectivity index (χ4v) is 4.99. The number of aromatic nitrogens is 1. The summed E-state index contributed by atoms with van der Waals surface area (Å²) in [5.41, 5.74) is 4.88. The third-order valence-corrected chi connectivity index (χ3v) is 6.64. The number of rotatable bonds is 3. The highest BCUT2D eigenvalue weighted by molar-refractivity contribution is 8.27. The first-order chi connectivity index (χ1) is 15.8. The number of halogens is 1. The summed E-state index contributed by atoms with van der Waals surface area (Å²) >= 11 is 1.28. The first kappa shape index (κ1) is 21.1. The van der Waals surface area contributed by atoms with Gasteiger partial charge >= 0.3 is 0 Å². The van der Waals surface area contributed by atoms with Crippen LogP contribution >= 0.6 is 11.8 Å². The highest BCUT2D eigenvalue weighted by Crippen LogP contribution is 2.32. The molecule has 0 aliphatic carbocycles. The third-order valence-electron chi connectivity index (χ3n) is 5.69. The molecule has 8 heteroatoms. The summed E-state index contributed by atoms with van der Waals surface area (Å²) in [4.78, 5) is 17.0. The summed E-state index contributed by atoms with van der Waals surface area (Å²) in [6, 6.07) is 16.2. The number of para-hydroxylation sites is 1. The van der Waals surface area contributed by atoms with E-state index < -0.39 is 5.91 Å². The molecule has 6 nitrogen and oxygen atoms in total. The van der Waals surface area contributed by atoms with Crippen LogP contribution in [0, 0.1) is 32.0 Å². The molecule has 1 N–H and O–H groups in total. The Morgan fingerprint density at radius 2 is 1.79 bits per heavy atom. The van der Waals surface area contributed by atoms with E-state index in [9.17, 15) is 9.18 Å². The van der Waals surface area contributed by atoms with Gasteiger partial charge in [0.05, 0.1) is 11.3 Å². The fraction of sp³-hybridized carbons (Fsp3) is 0.120. The number of carbonyl (C=O) groups is 1. The van der Waals surface area contributed by atoms with Crippen molar-refractivity contribution in [2.24, 2.45) is 10.1 Å². The monoisotopic (exact) mass is 457 g/mol. The molecular weight excluding hydrogens is 437 g/mol. The van der Waals surface area contributed by atoms with E-state index in [1.807, 2.05) is 51.1 Å². The summed E-state index contributed by atoms with van der Waals surface area (Å²) < 4.78 is 16.2. The summed E-state index contributed by atoms with van der Waals surface area (Å²) in [6.45, 7) is 5.73. The number of amides is 1. The standard InChI is InChI=1S/C25H20FN5OS/c1-14-8-4-5-9-18(14)24-29-31-22(27)19(23(32)28-25(31)33-24)13-17-12-15(2)30(16(17)3)21-11-7-6-10-20(21)26/h4-13,27H,1-3H3/b19-13-,27-22?. The van der Waals surface area contributed by atoms with Crippen LogP contribution < -0.4 is 0 Å². The van der Waals surface area contributed by atoms with Crippen LogP contribution in [0.2, 0.25) is 0 Å². The molecule has 3 heterocycles. The normalized spacial score (nSPS) is 16.8. The lowest BCUT2D eigenvalue weighted by Gasteiger charge is -2.20. The molecule has 0 spiro atoms. The Hall–Kier alpha value is -3.78. The van der Waals surface area contributed by atoms with E-state index in [0.29, 0.717) is 15.9 Å². The predicted molar refractivity (Wildman–Crippen MR) is 130 cm³/mol. The Morgan fingerprint density at radius 3 is 2.55 bits per heavy atom. The van der Waals surface area contributed by atoms with Crippen molar-refractivity contribution in [2.45, 2.75) is 20.8 Å². The van der Waals surface area contributed by atoms with Gasteiger partial charge < -0.3 is 4.57 Å². The fourth-order valence-electron chi connectivity index (χ4n) is 4.01. The lowest BCUT2D eigenvalue weighted by atomic mass is 10.1. The number of fused-ring (bicyclic) bond motifs is 1. The molecule has 0 radical (unpaired) electrons. The van der Waals surface area contributed by atoms with Crippen molar-refractivity contribution >= 4 is 39.8 Å². The number of thioether (sulfide) groups is 1. The zero-order chi connectivity index (χ0) is 23.3. The molecule has 0 unspecified atom stereocenters. The highest BCUT2D eigenvalue weighted by Gasteiger charge is 2.36. The van der Waals surface area contributed by atoms with Crippen molar-refractivity contribution in [3.63, 3.8) is 0 Å². The largest absolute Gasteiger partial charge is 0.315 e. The Kier molecular flexibility index (Phi) is 5.09. The quantitative estimate of drug-likeness (QED) is 0.549. The molecule has 5 rings (SSSR count). The molecule has 2 aromatic carbocycles. The number of benzene rings is 2. The molecule has 33 heavy (non-hydrogen) atoms.